The molecule has 1 N–H and O–H groups in total. The first-order valence-electron chi connectivity index (χ1n) is 13.1. The molecular weight excluding hydrogens is 541 g/mol. The summed E-state index contributed by atoms with van der Waals surface area (Å²) >= 11 is 5.95. The van der Waals surface area contributed by atoms with Crippen LogP contribution in [0.3, 0.4) is 0 Å². The molecule has 0 aliphatic carbocycles. The number of piperidine rings is 1. The van der Waals surface area contributed by atoms with Gasteiger partial charge >= 0.3 is 12.2 Å². The molecule has 1 saturated heterocycles. The summed E-state index contributed by atoms with van der Waals surface area (Å²) in [5, 5.41) is 3.21. The lowest BCUT2D eigenvalue weighted by molar-refractivity contribution is -0.137. The third-order valence-electron chi connectivity index (χ3n) is 7.73. The van der Waals surface area contributed by atoms with Gasteiger partial charge in [0.2, 0.25) is 0 Å². The van der Waals surface area contributed by atoms with E-state index in [9.17, 15) is 18.0 Å². The molecule has 10 heteroatoms. The van der Waals surface area contributed by atoms with E-state index in [-0.39, 0.29) is 12.6 Å². The number of hydrogen-bond donors (Lipinski definition) is 1. The van der Waals surface area contributed by atoms with Gasteiger partial charge in [-0.1, -0.05) is 35.9 Å². The molecule has 210 valence electrons. The summed E-state index contributed by atoms with van der Waals surface area (Å²) in [5.41, 5.74) is 1.75. The average Bonchev–Trinajstić information content (AvgIpc) is 3.26. The van der Waals surface area contributed by atoms with Crippen molar-refractivity contribution in [3.05, 3.63) is 94.3 Å². The smallest absolute Gasteiger partial charge is 0.416 e. The van der Waals surface area contributed by atoms with Crippen LogP contribution in [0.5, 0.6) is 5.75 Å². The van der Waals surface area contributed by atoms with E-state index in [4.69, 9.17) is 16.3 Å². The van der Waals surface area contributed by atoms with Crippen LogP contribution in [0.2, 0.25) is 5.15 Å². The number of benzene rings is 2. The molecule has 1 fully saturated rings. The average molecular weight is 571 g/mol. The van der Waals surface area contributed by atoms with Crippen molar-refractivity contribution in [2.75, 3.05) is 38.2 Å². The summed E-state index contributed by atoms with van der Waals surface area (Å²) in [7, 11) is 1.63. The lowest BCUT2D eigenvalue weighted by Crippen LogP contribution is -2.47. The Labute approximate surface area is 236 Å². The summed E-state index contributed by atoms with van der Waals surface area (Å²) in [6.45, 7) is 2.73. The van der Waals surface area contributed by atoms with Gasteiger partial charge in [-0.3, -0.25) is 9.80 Å². The Hall–Kier alpha value is -3.56. The number of methoxy groups -OCH3 is 1. The molecule has 0 atom stereocenters. The largest absolute Gasteiger partial charge is 0.497 e. The number of carbonyl (C=O) groups is 1. The maximum Gasteiger partial charge on any atom is 0.416 e. The summed E-state index contributed by atoms with van der Waals surface area (Å²) in [5.74, 6) is 0.800. The summed E-state index contributed by atoms with van der Waals surface area (Å²) in [6.07, 6.45) is 2.55. The van der Waals surface area contributed by atoms with Gasteiger partial charge in [-0.2, -0.15) is 13.2 Å². The molecule has 5 rings (SSSR count). The number of urea groups is 1. The van der Waals surface area contributed by atoms with Gasteiger partial charge in [0, 0.05) is 36.9 Å². The number of ether oxygens (including phenoxy) is 1. The number of likely N-dealkylation sites (tertiary alicyclic amines) is 1. The van der Waals surface area contributed by atoms with Gasteiger partial charge in [0.25, 0.3) is 0 Å². The number of aromatic nitrogens is 1. The second-order valence-corrected chi connectivity index (χ2v) is 10.6. The van der Waals surface area contributed by atoms with Gasteiger partial charge in [0.1, 0.15) is 10.9 Å². The van der Waals surface area contributed by atoms with Crippen molar-refractivity contribution in [2.45, 2.75) is 31.0 Å². The van der Waals surface area contributed by atoms with E-state index < -0.39 is 17.2 Å². The highest BCUT2D eigenvalue weighted by Crippen LogP contribution is 2.48. The Morgan fingerprint density at radius 2 is 1.88 bits per heavy atom. The molecule has 0 saturated carbocycles. The number of alkyl halides is 3. The number of fused-ring (bicyclic) bond motifs is 2. The first-order valence-corrected chi connectivity index (χ1v) is 13.5. The van der Waals surface area contributed by atoms with E-state index in [2.05, 4.69) is 21.3 Å². The lowest BCUT2D eigenvalue weighted by atomic mass is 9.74. The highest BCUT2D eigenvalue weighted by atomic mass is 35.5. The van der Waals surface area contributed by atoms with Crippen LogP contribution in [-0.2, 0) is 18.1 Å². The predicted octanol–water partition coefficient (Wildman–Crippen LogP) is 6.54. The van der Waals surface area contributed by atoms with E-state index in [0.29, 0.717) is 48.9 Å². The van der Waals surface area contributed by atoms with Gasteiger partial charge in [0.05, 0.1) is 12.7 Å². The SMILES string of the molecule is COc1ccc(/C=C/CN2CCC3(CC2)CN(C(=O)NCc2ccnc(Cl)c2)c2ccc(C(F)(F)F)cc23)cc1. The van der Waals surface area contributed by atoms with Crippen LogP contribution < -0.4 is 15.0 Å². The quantitative estimate of drug-likeness (QED) is 0.342. The van der Waals surface area contributed by atoms with Crippen LogP contribution in [0.25, 0.3) is 6.08 Å². The van der Waals surface area contributed by atoms with Gasteiger partial charge in [0.15, 0.2) is 0 Å². The fraction of sp³-hybridized carbons (Fsp3) is 0.333. The Morgan fingerprint density at radius 1 is 1.12 bits per heavy atom. The van der Waals surface area contributed by atoms with Crippen molar-refractivity contribution in [3.8, 4) is 5.75 Å². The summed E-state index contributed by atoms with van der Waals surface area (Å²) in [4.78, 5) is 21.1. The van der Waals surface area contributed by atoms with Gasteiger partial charge in [-0.25, -0.2) is 9.78 Å². The molecule has 1 spiro atoms. The van der Waals surface area contributed by atoms with Crippen molar-refractivity contribution in [2.24, 2.45) is 0 Å². The molecule has 40 heavy (non-hydrogen) atoms. The Kier molecular flexibility index (Phi) is 8.05. The predicted molar refractivity (Wildman–Crippen MR) is 150 cm³/mol. The number of halogens is 4. The molecule has 2 aromatic carbocycles. The highest BCUT2D eigenvalue weighted by molar-refractivity contribution is 6.29. The van der Waals surface area contributed by atoms with E-state index in [1.807, 2.05) is 30.3 Å². The molecular formula is C30H30ClF3N4O2. The Morgan fingerprint density at radius 3 is 2.55 bits per heavy atom. The van der Waals surface area contributed by atoms with Crippen LogP contribution in [0.4, 0.5) is 23.7 Å². The Balaban J connectivity index is 1.29. The molecule has 2 aliphatic rings. The fourth-order valence-electron chi connectivity index (χ4n) is 5.50. The molecule has 0 radical (unpaired) electrons. The van der Waals surface area contributed by atoms with E-state index in [1.54, 1.807) is 30.3 Å². The van der Waals surface area contributed by atoms with E-state index in [0.717, 1.165) is 29.5 Å². The van der Waals surface area contributed by atoms with Gasteiger partial charge in [-0.05, 0) is 85.1 Å². The van der Waals surface area contributed by atoms with Gasteiger partial charge < -0.3 is 10.1 Å². The monoisotopic (exact) mass is 570 g/mol. The third kappa shape index (κ3) is 6.10. The second kappa shape index (κ2) is 11.5. The zero-order valence-electron chi connectivity index (χ0n) is 22.0. The standard InChI is InChI=1S/C30H30ClF3N4O2/c1-40-24-7-4-21(5-8-24)3-2-14-37-15-11-29(12-16-37)20-38(26-9-6-23(18-25(26)29)30(32,33)34)28(39)36-19-22-10-13-35-27(31)17-22/h2-10,13,17-18H,11-12,14-16,19-20H2,1H3,(H,36,39)/b3-2+. The van der Waals surface area contributed by atoms with Crippen molar-refractivity contribution in [3.63, 3.8) is 0 Å². The van der Waals surface area contributed by atoms with Crippen molar-refractivity contribution >= 4 is 29.4 Å². The van der Waals surface area contributed by atoms with Crippen LogP contribution >= 0.6 is 11.6 Å². The number of hydrogen-bond acceptors (Lipinski definition) is 4. The van der Waals surface area contributed by atoms with E-state index >= 15 is 0 Å². The zero-order valence-corrected chi connectivity index (χ0v) is 22.8. The molecule has 2 aliphatic heterocycles. The maximum absolute atomic E-state index is 13.7. The minimum atomic E-state index is -4.46. The molecule has 0 bridgehead atoms. The number of amides is 2. The van der Waals surface area contributed by atoms with Crippen molar-refractivity contribution < 1.29 is 22.7 Å². The number of nitrogens with zero attached hydrogens (tertiary/aromatic N) is 3. The van der Waals surface area contributed by atoms with E-state index in [1.165, 1.54) is 12.1 Å². The lowest BCUT2D eigenvalue weighted by Gasteiger charge is -2.39. The number of carbonyl (C=O) groups excluding carboxylic acids is 1. The molecule has 6 nitrogen and oxygen atoms in total. The van der Waals surface area contributed by atoms with Crippen LogP contribution in [0.1, 0.15) is 35.1 Å². The first-order chi connectivity index (χ1) is 19.2. The maximum atomic E-state index is 13.7. The van der Waals surface area contributed by atoms with Gasteiger partial charge in [-0.15, -0.1) is 0 Å². The van der Waals surface area contributed by atoms with Crippen LogP contribution in [0, 0.1) is 0 Å². The molecule has 3 aromatic rings. The first kappa shape index (κ1) is 28.0. The topological polar surface area (TPSA) is 57.7 Å². The summed E-state index contributed by atoms with van der Waals surface area (Å²) in [6, 6.07) is 14.6. The third-order valence-corrected chi connectivity index (χ3v) is 7.94. The second-order valence-electron chi connectivity index (χ2n) is 10.2. The zero-order chi connectivity index (χ0) is 28.3. The van der Waals surface area contributed by atoms with Crippen LogP contribution in [-0.4, -0.2) is 49.2 Å². The van der Waals surface area contributed by atoms with Crippen molar-refractivity contribution in [1.29, 1.82) is 0 Å². The number of nitrogens with one attached hydrogen (secondary N) is 1. The Bertz CT molecular complexity index is 1390. The van der Waals surface area contributed by atoms with Crippen LogP contribution in [0.15, 0.2) is 66.9 Å². The summed E-state index contributed by atoms with van der Waals surface area (Å²) < 4.78 is 46.2. The molecule has 3 heterocycles. The fourth-order valence-corrected chi connectivity index (χ4v) is 5.69. The normalized spacial score (nSPS) is 16.9. The minimum Gasteiger partial charge on any atom is -0.497 e. The minimum absolute atomic E-state index is 0.231. The molecule has 0 unspecified atom stereocenters. The number of pyridine rings is 1. The number of rotatable bonds is 6. The van der Waals surface area contributed by atoms with Crippen molar-refractivity contribution in [1.82, 2.24) is 15.2 Å². The molecule has 1 aromatic heterocycles. The molecule has 2 amide bonds. The number of anilines is 1. The highest BCUT2D eigenvalue weighted by Gasteiger charge is 2.47.